The minimum atomic E-state index is -0.979. The van der Waals surface area contributed by atoms with Crippen LogP contribution in [-0.2, 0) is 9.59 Å². The van der Waals surface area contributed by atoms with Crippen LogP contribution in [0.3, 0.4) is 0 Å². The van der Waals surface area contributed by atoms with Gasteiger partial charge in [-0.15, -0.1) is 0 Å². The number of aromatic nitrogens is 2. The average molecular weight is 371 g/mol. The lowest BCUT2D eigenvalue weighted by atomic mass is 10.0. The molecule has 0 spiro atoms. The molecule has 0 radical (unpaired) electrons. The summed E-state index contributed by atoms with van der Waals surface area (Å²) < 4.78 is 0. The Morgan fingerprint density at radius 2 is 2.04 bits per heavy atom. The zero-order valence-corrected chi connectivity index (χ0v) is 15.3. The van der Waals surface area contributed by atoms with Gasteiger partial charge in [0, 0.05) is 36.0 Å². The topological polar surface area (TPSA) is 83.4 Å². The van der Waals surface area contributed by atoms with Crippen molar-refractivity contribution in [2.24, 2.45) is 5.92 Å². The molecule has 2 aromatic heterocycles. The number of hydrogen-bond donors (Lipinski definition) is 2. The fraction of sp³-hybridized carbons (Fsp3) is 0.368. The highest BCUT2D eigenvalue weighted by Gasteiger charge is 2.41. The molecule has 0 saturated carbocycles. The molecule has 7 heteroatoms. The molecule has 3 heterocycles. The summed E-state index contributed by atoms with van der Waals surface area (Å²) in [5.41, 5.74) is 2.29. The summed E-state index contributed by atoms with van der Waals surface area (Å²) in [6.07, 6.45) is 2.07. The smallest absolute Gasteiger partial charge is 0.326 e. The van der Waals surface area contributed by atoms with E-state index in [1.54, 1.807) is 13.1 Å². The van der Waals surface area contributed by atoms with Crippen LogP contribution >= 0.6 is 12.6 Å². The van der Waals surface area contributed by atoms with Crippen molar-refractivity contribution in [1.29, 1.82) is 0 Å². The highest BCUT2D eigenvalue weighted by molar-refractivity contribution is 7.80. The number of carboxylic acid groups (broad SMARTS) is 1. The first kappa shape index (κ1) is 18.4. The molecule has 0 aliphatic carbocycles. The van der Waals surface area contributed by atoms with Crippen molar-refractivity contribution >= 4 is 24.5 Å². The van der Waals surface area contributed by atoms with Gasteiger partial charge < -0.3 is 10.0 Å². The Morgan fingerprint density at radius 1 is 1.27 bits per heavy atom. The first-order chi connectivity index (χ1) is 12.5. The Morgan fingerprint density at radius 3 is 2.69 bits per heavy atom. The van der Waals surface area contributed by atoms with E-state index in [1.807, 2.05) is 36.4 Å². The zero-order chi connectivity index (χ0) is 18.7. The summed E-state index contributed by atoms with van der Waals surface area (Å²) in [6.45, 7) is 2.12. The van der Waals surface area contributed by atoms with Crippen LogP contribution < -0.4 is 0 Å². The van der Waals surface area contributed by atoms with E-state index >= 15 is 0 Å². The number of carbonyl (C=O) groups is 2. The van der Waals surface area contributed by atoms with Crippen LogP contribution in [0.25, 0.3) is 11.4 Å². The number of carboxylic acids is 1. The number of aliphatic carboxylic acids is 1. The standard InChI is InChI=1S/C19H21N3O3S/c1-12(11-26)18(23)22-10-13(9-17(22)19(24)25)14-6-4-7-16(21-14)15-5-2-3-8-20-15/h2-8,12-13,17,26H,9-11H2,1H3,(H,24,25)/t12-,13?,17?/m1/s1. The summed E-state index contributed by atoms with van der Waals surface area (Å²) in [7, 11) is 0. The molecule has 1 aliphatic rings. The minimum Gasteiger partial charge on any atom is -0.480 e. The maximum atomic E-state index is 12.5. The first-order valence-electron chi connectivity index (χ1n) is 8.53. The third kappa shape index (κ3) is 3.72. The van der Waals surface area contributed by atoms with Gasteiger partial charge in [-0.05, 0) is 30.7 Å². The number of hydrogen-bond acceptors (Lipinski definition) is 5. The van der Waals surface area contributed by atoms with Crippen molar-refractivity contribution in [1.82, 2.24) is 14.9 Å². The number of nitrogens with zero attached hydrogens (tertiary/aromatic N) is 3. The highest BCUT2D eigenvalue weighted by atomic mass is 32.1. The van der Waals surface area contributed by atoms with E-state index in [1.165, 1.54) is 4.90 Å². The Labute approximate surface area is 157 Å². The number of thiol groups is 1. The molecule has 2 unspecified atom stereocenters. The minimum absolute atomic E-state index is 0.115. The van der Waals surface area contributed by atoms with Gasteiger partial charge in [-0.3, -0.25) is 14.8 Å². The van der Waals surface area contributed by atoms with Crippen molar-refractivity contribution in [2.45, 2.75) is 25.3 Å². The lowest BCUT2D eigenvalue weighted by molar-refractivity contribution is -0.149. The zero-order valence-electron chi connectivity index (χ0n) is 14.4. The van der Waals surface area contributed by atoms with E-state index in [4.69, 9.17) is 0 Å². The molecule has 3 atom stereocenters. The summed E-state index contributed by atoms with van der Waals surface area (Å²) in [6, 6.07) is 10.4. The third-order valence-electron chi connectivity index (χ3n) is 4.68. The maximum absolute atomic E-state index is 12.5. The van der Waals surface area contributed by atoms with Gasteiger partial charge in [0.1, 0.15) is 6.04 Å². The predicted molar refractivity (Wildman–Crippen MR) is 101 cm³/mol. The molecule has 1 aliphatic heterocycles. The van der Waals surface area contributed by atoms with Gasteiger partial charge in [0.05, 0.1) is 11.4 Å². The molecule has 0 bridgehead atoms. The monoisotopic (exact) mass is 371 g/mol. The average Bonchev–Trinajstić information content (AvgIpc) is 3.13. The molecule has 1 saturated heterocycles. The van der Waals surface area contributed by atoms with Gasteiger partial charge in [0.15, 0.2) is 0 Å². The molecule has 1 amide bonds. The SMILES string of the molecule is C[C@H](CS)C(=O)N1CC(c2cccc(-c3ccccn3)n2)CC1C(=O)O. The van der Waals surface area contributed by atoms with Gasteiger partial charge >= 0.3 is 5.97 Å². The van der Waals surface area contributed by atoms with Crippen molar-refractivity contribution < 1.29 is 14.7 Å². The van der Waals surface area contributed by atoms with Crippen LogP contribution in [0.5, 0.6) is 0 Å². The van der Waals surface area contributed by atoms with Crippen molar-refractivity contribution in [3.63, 3.8) is 0 Å². The van der Waals surface area contributed by atoms with Crippen molar-refractivity contribution in [2.75, 3.05) is 12.3 Å². The second-order valence-electron chi connectivity index (χ2n) is 6.52. The quantitative estimate of drug-likeness (QED) is 0.789. The van der Waals surface area contributed by atoms with E-state index in [2.05, 4.69) is 22.6 Å². The number of rotatable bonds is 5. The summed E-state index contributed by atoms with van der Waals surface area (Å²) >= 11 is 4.16. The summed E-state index contributed by atoms with van der Waals surface area (Å²) in [4.78, 5) is 34.6. The Bertz CT molecular complexity index is 800. The Hall–Kier alpha value is -2.41. The van der Waals surface area contributed by atoms with Crippen LogP contribution in [0, 0.1) is 5.92 Å². The fourth-order valence-corrected chi connectivity index (χ4v) is 3.38. The van der Waals surface area contributed by atoms with E-state index in [0.717, 1.165) is 17.1 Å². The molecule has 1 N–H and O–H groups in total. The van der Waals surface area contributed by atoms with Gasteiger partial charge in [0.2, 0.25) is 5.91 Å². The van der Waals surface area contributed by atoms with Gasteiger partial charge in [-0.1, -0.05) is 19.1 Å². The van der Waals surface area contributed by atoms with Crippen LogP contribution in [-0.4, -0.2) is 50.2 Å². The number of amides is 1. The Kier molecular flexibility index (Phi) is 5.56. The second kappa shape index (κ2) is 7.86. The Balaban J connectivity index is 1.86. The lowest BCUT2D eigenvalue weighted by Gasteiger charge is -2.24. The number of carbonyl (C=O) groups excluding carboxylic acids is 1. The van der Waals surface area contributed by atoms with E-state index in [0.29, 0.717) is 18.7 Å². The van der Waals surface area contributed by atoms with Crippen molar-refractivity contribution in [3.05, 3.63) is 48.3 Å². The fourth-order valence-electron chi connectivity index (χ4n) is 3.22. The van der Waals surface area contributed by atoms with Crippen LogP contribution in [0.2, 0.25) is 0 Å². The van der Waals surface area contributed by atoms with Crippen LogP contribution in [0.1, 0.15) is 25.0 Å². The molecule has 26 heavy (non-hydrogen) atoms. The predicted octanol–water partition coefficient (Wildman–Crippen LogP) is 2.48. The lowest BCUT2D eigenvalue weighted by Crippen LogP contribution is -2.43. The van der Waals surface area contributed by atoms with Crippen molar-refractivity contribution in [3.8, 4) is 11.4 Å². The number of likely N-dealkylation sites (tertiary alicyclic amines) is 1. The normalized spacial score (nSPS) is 20.8. The third-order valence-corrected chi connectivity index (χ3v) is 5.23. The maximum Gasteiger partial charge on any atom is 0.326 e. The van der Waals surface area contributed by atoms with Crippen LogP contribution in [0.15, 0.2) is 42.6 Å². The van der Waals surface area contributed by atoms with Crippen LogP contribution in [0.4, 0.5) is 0 Å². The molecule has 136 valence electrons. The summed E-state index contributed by atoms with van der Waals surface area (Å²) in [5.74, 6) is -1.19. The molecular formula is C19H21N3O3S. The molecule has 6 nitrogen and oxygen atoms in total. The van der Waals surface area contributed by atoms with E-state index in [-0.39, 0.29) is 17.7 Å². The number of pyridine rings is 2. The molecule has 1 fully saturated rings. The second-order valence-corrected chi connectivity index (χ2v) is 6.89. The van der Waals surface area contributed by atoms with E-state index < -0.39 is 12.0 Å². The molecule has 3 rings (SSSR count). The van der Waals surface area contributed by atoms with Gasteiger partial charge in [-0.2, -0.15) is 12.6 Å². The van der Waals surface area contributed by atoms with Gasteiger partial charge in [-0.25, -0.2) is 4.79 Å². The van der Waals surface area contributed by atoms with E-state index in [9.17, 15) is 14.7 Å². The largest absolute Gasteiger partial charge is 0.480 e. The summed E-state index contributed by atoms with van der Waals surface area (Å²) in [5, 5.41) is 9.54. The molecule has 0 aromatic carbocycles. The first-order valence-corrected chi connectivity index (χ1v) is 9.17. The molecule has 2 aromatic rings. The molecular weight excluding hydrogens is 350 g/mol. The van der Waals surface area contributed by atoms with Gasteiger partial charge in [0.25, 0.3) is 0 Å². The highest BCUT2D eigenvalue weighted by Crippen LogP contribution is 2.33.